The highest BCUT2D eigenvalue weighted by Gasteiger charge is 2.35. The lowest BCUT2D eigenvalue weighted by Crippen LogP contribution is -2.16. The van der Waals surface area contributed by atoms with Crippen LogP contribution in [-0.2, 0) is 0 Å². The Bertz CT molecular complexity index is 7280. The van der Waals surface area contributed by atoms with Crippen molar-refractivity contribution >= 4 is 130 Å². The number of hydrogen-bond donors (Lipinski definition) is 0. The highest BCUT2D eigenvalue weighted by Crippen LogP contribution is 2.52. The summed E-state index contributed by atoms with van der Waals surface area (Å²) in [6.07, 6.45) is 0. The van der Waals surface area contributed by atoms with Gasteiger partial charge in [-0.1, -0.05) is 218 Å². The summed E-state index contributed by atoms with van der Waals surface area (Å²) in [7, 11) is 0. The molecular formula is C78H44N6S. The van der Waals surface area contributed by atoms with Crippen LogP contribution in [0.2, 0.25) is 0 Å². The number of nitrogens with zero attached hydrogens (tertiary/aromatic N) is 6. The number of para-hydroxylation sites is 6. The second kappa shape index (κ2) is 18.0. The minimum absolute atomic E-state index is 0.182. The molecule has 0 aliphatic rings. The molecular weight excluding hydrogens is 1050 g/mol. The largest absolute Gasteiger partial charge is 0.306 e. The Labute approximate surface area is 524 Å². The molecule has 5 heterocycles. The van der Waals surface area contributed by atoms with Crippen molar-refractivity contribution in [3.8, 4) is 57.1 Å². The molecule has 0 atom stereocenters. The molecule has 0 amide bonds. The highest BCUT2D eigenvalue weighted by atomic mass is 32.1. The SMILES string of the molecule is [2H]c1c([2H])c([2H])c2c(c1[2H])c1c([2H])c([2H])c([2H])c([2H])c1n2-c1c(C#N)c(-n2c3c([2H])c([2H])c([2H])c([2H])c3c3c([2H])c([2H])c([2H])c([2H])c32)c(-n2c3cccc(-c4ccccc4-c4cccc5ccccc45)c3c3ccc4c5ccccc5sc4c32)c(C#N)c1-n1c2c([2H])c([2H])c([2H])c([2H])c2c2c([2H])c([2H])c([2H])c([2H])c21. The van der Waals surface area contributed by atoms with Crippen LogP contribution in [0.3, 0.4) is 0 Å². The molecule has 392 valence electrons. The third-order valence-corrected chi connectivity index (χ3v) is 17.4. The van der Waals surface area contributed by atoms with E-state index >= 15 is 0 Å². The van der Waals surface area contributed by atoms with Gasteiger partial charge in [-0.3, -0.25) is 0 Å². The fourth-order valence-corrected chi connectivity index (χ4v) is 14.2. The van der Waals surface area contributed by atoms with Gasteiger partial charge in [-0.05, 0) is 81.4 Å². The first-order valence-electron chi connectivity index (χ1n) is 38.7. The predicted molar refractivity (Wildman–Crippen MR) is 354 cm³/mol. The van der Waals surface area contributed by atoms with Crippen LogP contribution < -0.4 is 0 Å². The highest BCUT2D eigenvalue weighted by molar-refractivity contribution is 7.26. The minimum atomic E-state index is -0.987. The van der Waals surface area contributed by atoms with Gasteiger partial charge in [-0.25, -0.2) is 0 Å². The molecule has 13 aromatic carbocycles. The van der Waals surface area contributed by atoms with Crippen molar-refractivity contribution in [3.05, 3.63) is 277 Å². The average Bonchev–Trinajstić information content (AvgIpc) is 1.52. The Hall–Kier alpha value is -11.5. The van der Waals surface area contributed by atoms with Gasteiger partial charge in [-0.15, -0.1) is 11.3 Å². The Balaban J connectivity index is 1.23. The van der Waals surface area contributed by atoms with Gasteiger partial charge >= 0.3 is 0 Å². The second-order valence-corrected chi connectivity index (χ2v) is 21.3. The summed E-state index contributed by atoms with van der Waals surface area (Å²) in [5.41, 5.74) is -5.63. The lowest BCUT2D eigenvalue weighted by atomic mass is 9.89. The van der Waals surface area contributed by atoms with E-state index in [0.29, 0.717) is 32.0 Å². The van der Waals surface area contributed by atoms with Gasteiger partial charge in [0, 0.05) is 58.6 Å². The van der Waals surface area contributed by atoms with E-state index in [1.807, 2.05) is 109 Å². The fraction of sp³-hybridized carbons (Fsp3) is 0. The zero-order chi connectivity index (χ0) is 76.9. The predicted octanol–water partition coefficient (Wildman–Crippen LogP) is 20.7. The van der Waals surface area contributed by atoms with Gasteiger partial charge in [0.1, 0.15) is 23.3 Å². The smallest absolute Gasteiger partial charge is 0.104 e. The van der Waals surface area contributed by atoms with Gasteiger partial charge in [0.2, 0.25) is 0 Å². The molecule has 18 aromatic rings. The topological polar surface area (TPSA) is 67.3 Å². The molecule has 0 saturated carbocycles. The van der Waals surface area contributed by atoms with Gasteiger partial charge in [-0.2, -0.15) is 10.5 Å². The zero-order valence-electron chi connectivity index (χ0n) is 67.6. The monoisotopic (exact) mass is 1120 g/mol. The van der Waals surface area contributed by atoms with E-state index in [0.717, 1.165) is 45.7 Å². The number of benzene rings is 13. The average molecular weight is 1120 g/mol. The Morgan fingerprint density at radius 2 is 0.682 bits per heavy atom. The van der Waals surface area contributed by atoms with Crippen molar-refractivity contribution in [1.82, 2.24) is 18.3 Å². The van der Waals surface area contributed by atoms with Gasteiger partial charge < -0.3 is 18.3 Å². The van der Waals surface area contributed by atoms with Crippen molar-refractivity contribution in [1.29, 1.82) is 10.5 Å². The van der Waals surface area contributed by atoms with Crippen molar-refractivity contribution in [3.63, 3.8) is 0 Å². The molecule has 0 aliphatic carbocycles. The van der Waals surface area contributed by atoms with E-state index < -0.39 is 244 Å². The maximum atomic E-state index is 13.5. The van der Waals surface area contributed by atoms with Crippen LogP contribution in [0, 0.1) is 22.7 Å². The molecule has 0 spiro atoms. The Morgan fingerprint density at radius 3 is 1.19 bits per heavy atom. The minimum Gasteiger partial charge on any atom is -0.306 e. The summed E-state index contributed by atoms with van der Waals surface area (Å²) in [5, 5.41) is 27.4. The molecule has 0 unspecified atom stereocenters. The van der Waals surface area contributed by atoms with Crippen LogP contribution in [-0.4, -0.2) is 18.3 Å². The first-order chi connectivity index (χ1) is 52.1. The normalized spacial score (nSPS) is 15.9. The number of fused-ring (bicyclic) bond motifs is 17. The van der Waals surface area contributed by atoms with E-state index in [1.165, 1.54) is 11.3 Å². The molecule has 0 bridgehead atoms. The molecule has 0 saturated heterocycles. The van der Waals surface area contributed by atoms with E-state index in [2.05, 4.69) is 12.1 Å². The van der Waals surface area contributed by atoms with E-state index in [9.17, 15) is 40.7 Å². The van der Waals surface area contributed by atoms with E-state index in [-0.39, 0.29) is 11.0 Å². The first-order valence-corrected chi connectivity index (χ1v) is 27.5. The summed E-state index contributed by atoms with van der Waals surface area (Å²) >= 11 is 1.30. The van der Waals surface area contributed by atoms with Crippen LogP contribution >= 0.6 is 11.3 Å². The number of hydrogen-bond acceptors (Lipinski definition) is 3. The molecule has 85 heavy (non-hydrogen) atoms. The zero-order valence-corrected chi connectivity index (χ0v) is 44.5. The van der Waals surface area contributed by atoms with Crippen LogP contribution in [0.15, 0.2) is 266 Å². The van der Waals surface area contributed by atoms with Crippen LogP contribution in [0.1, 0.15) is 44.0 Å². The summed E-state index contributed by atoms with van der Waals surface area (Å²) in [4.78, 5) is 0. The molecule has 0 aliphatic heterocycles. The number of nitriles is 2. The summed E-state index contributed by atoms with van der Waals surface area (Å²) in [6, 6.07) is 20.5. The molecule has 0 fully saturated rings. The quantitative estimate of drug-likeness (QED) is 0.166. The summed E-state index contributed by atoms with van der Waals surface area (Å²) in [5.74, 6) is 0. The summed E-state index contributed by atoms with van der Waals surface area (Å²) in [6.45, 7) is 0. The third-order valence-electron chi connectivity index (χ3n) is 16.2. The third kappa shape index (κ3) is 6.45. The van der Waals surface area contributed by atoms with Crippen LogP contribution in [0.4, 0.5) is 0 Å². The summed E-state index contributed by atoms with van der Waals surface area (Å²) < 4.78 is 237. The number of rotatable bonds is 6. The van der Waals surface area contributed by atoms with E-state index in [4.69, 9.17) is 2.74 Å². The first kappa shape index (κ1) is 29.5. The molecule has 0 N–H and O–H groups in total. The standard InChI is InChI=1S/C78H44N6S/c79-45-62-73(81-64-35-12-5-26-52(64)53-27-6-13-36-65(53)81)74(82-66-37-14-7-28-54(66)55-29-8-15-38-67(55)82)63(46-80)76(75(62)83-68-39-16-9-30-56(68)57-31-10-17-40-69(57)83)84-70-41-20-34-59(51-25-4-3-24-50(51)49-33-19-22-47-21-1-2-23-48(47)49)72(70)61-44-43-60-58-32-11-18-42-71(58)85-78(60)77(61)84/h1-44H/i5D,6D,7D,8D,9D,10D,12D,13D,14D,15D,16D,17D,26D,27D,28D,29D,30D,31D,35D,36D,37D,38D,39D,40D. The van der Waals surface area contributed by atoms with Gasteiger partial charge in [0.25, 0.3) is 0 Å². The molecule has 18 rings (SSSR count). The van der Waals surface area contributed by atoms with Gasteiger partial charge in [0.05, 0.1) is 104 Å². The van der Waals surface area contributed by atoms with E-state index in [1.54, 1.807) is 16.7 Å². The fourth-order valence-electron chi connectivity index (χ4n) is 12.9. The van der Waals surface area contributed by atoms with Gasteiger partial charge in [0.15, 0.2) is 0 Å². The maximum absolute atomic E-state index is 13.5. The second-order valence-electron chi connectivity index (χ2n) is 20.3. The number of thiophene rings is 1. The van der Waals surface area contributed by atoms with Crippen molar-refractivity contribution < 1.29 is 32.9 Å². The lowest BCUT2D eigenvalue weighted by Gasteiger charge is -2.27. The van der Waals surface area contributed by atoms with Crippen LogP contribution in [0.25, 0.3) is 163 Å². The Kier molecular flexibility index (Phi) is 6.25. The number of aromatic nitrogens is 4. The van der Waals surface area contributed by atoms with Crippen LogP contribution in [0.5, 0.6) is 0 Å². The molecule has 7 heteroatoms. The lowest BCUT2D eigenvalue weighted by molar-refractivity contribution is 1.03. The molecule has 5 aromatic heterocycles. The van der Waals surface area contributed by atoms with Crippen molar-refractivity contribution in [2.24, 2.45) is 0 Å². The Morgan fingerprint density at radius 1 is 0.306 bits per heavy atom. The van der Waals surface area contributed by atoms with Crippen molar-refractivity contribution in [2.45, 2.75) is 0 Å². The molecule has 0 radical (unpaired) electrons. The molecule has 6 nitrogen and oxygen atoms in total. The maximum Gasteiger partial charge on any atom is 0.104 e. The van der Waals surface area contributed by atoms with Crippen molar-refractivity contribution in [2.75, 3.05) is 0 Å².